The predicted octanol–water partition coefficient (Wildman–Crippen LogP) is 4.93. The number of hydrogen-bond donors (Lipinski definition) is 0. The fourth-order valence-electron chi connectivity index (χ4n) is 1.92. The van der Waals surface area contributed by atoms with Gasteiger partial charge in [-0.2, -0.15) is 0 Å². The highest BCUT2D eigenvalue weighted by molar-refractivity contribution is 6.21. The van der Waals surface area contributed by atoms with Crippen molar-refractivity contribution in [3.8, 4) is 0 Å². The third-order valence-electron chi connectivity index (χ3n) is 3.06. The molecule has 0 aliphatic heterocycles. The van der Waals surface area contributed by atoms with Crippen molar-refractivity contribution in [2.24, 2.45) is 0 Å². The number of benzene rings is 2. The molecular formula is C15H12ClF3. The Balaban J connectivity index is 2.28. The van der Waals surface area contributed by atoms with E-state index >= 15 is 0 Å². The van der Waals surface area contributed by atoms with Gasteiger partial charge in [0.05, 0.1) is 5.38 Å². The minimum Gasteiger partial charge on any atom is -0.204 e. The zero-order chi connectivity index (χ0) is 14.0. The van der Waals surface area contributed by atoms with Crippen LogP contribution in [0.1, 0.15) is 22.1 Å². The van der Waals surface area contributed by atoms with Crippen LogP contribution in [0.3, 0.4) is 0 Å². The van der Waals surface area contributed by atoms with Gasteiger partial charge in [0.2, 0.25) is 0 Å². The lowest BCUT2D eigenvalue weighted by Gasteiger charge is -2.13. The molecular weight excluding hydrogens is 273 g/mol. The largest absolute Gasteiger partial charge is 0.204 e. The van der Waals surface area contributed by atoms with Crippen molar-refractivity contribution in [3.05, 3.63) is 70.5 Å². The molecule has 2 rings (SSSR count). The fourth-order valence-corrected chi connectivity index (χ4v) is 2.26. The van der Waals surface area contributed by atoms with Gasteiger partial charge in [0.1, 0.15) is 0 Å². The molecule has 0 saturated heterocycles. The molecule has 1 unspecified atom stereocenters. The van der Waals surface area contributed by atoms with E-state index in [0.717, 1.165) is 17.2 Å². The van der Waals surface area contributed by atoms with E-state index in [2.05, 4.69) is 0 Å². The number of alkyl halides is 1. The Kier molecular flexibility index (Phi) is 4.15. The molecule has 4 heteroatoms. The summed E-state index contributed by atoms with van der Waals surface area (Å²) in [7, 11) is 0. The summed E-state index contributed by atoms with van der Waals surface area (Å²) >= 11 is 6.11. The van der Waals surface area contributed by atoms with E-state index in [0.29, 0.717) is 6.42 Å². The maximum atomic E-state index is 13.6. The quantitative estimate of drug-likeness (QED) is 0.553. The summed E-state index contributed by atoms with van der Waals surface area (Å²) < 4.78 is 39.6. The Morgan fingerprint density at radius 2 is 1.68 bits per heavy atom. The average Bonchev–Trinajstić information content (AvgIpc) is 2.39. The summed E-state index contributed by atoms with van der Waals surface area (Å²) in [6, 6.07) is 9.61. The maximum absolute atomic E-state index is 13.6. The Morgan fingerprint density at radius 1 is 1.00 bits per heavy atom. The zero-order valence-corrected chi connectivity index (χ0v) is 11.0. The summed E-state index contributed by atoms with van der Waals surface area (Å²) in [5, 5.41) is -0.740. The number of aryl methyl sites for hydroxylation is 1. The molecule has 0 spiro atoms. The van der Waals surface area contributed by atoms with Gasteiger partial charge in [0.15, 0.2) is 17.5 Å². The van der Waals surface area contributed by atoms with Gasteiger partial charge in [-0.25, -0.2) is 13.2 Å². The molecule has 0 heterocycles. The van der Waals surface area contributed by atoms with Gasteiger partial charge in [-0.1, -0.05) is 30.3 Å². The van der Waals surface area contributed by atoms with Crippen LogP contribution in [0.2, 0.25) is 0 Å². The van der Waals surface area contributed by atoms with E-state index in [1.807, 2.05) is 31.2 Å². The van der Waals surface area contributed by atoms with Crippen molar-refractivity contribution in [1.29, 1.82) is 0 Å². The van der Waals surface area contributed by atoms with E-state index < -0.39 is 22.8 Å². The first-order valence-corrected chi connectivity index (χ1v) is 6.26. The molecule has 0 aromatic heterocycles. The predicted molar refractivity (Wildman–Crippen MR) is 69.8 cm³/mol. The summed E-state index contributed by atoms with van der Waals surface area (Å²) in [6.45, 7) is 1.92. The average molecular weight is 285 g/mol. The van der Waals surface area contributed by atoms with Gasteiger partial charge in [0, 0.05) is 5.56 Å². The van der Waals surface area contributed by atoms with Gasteiger partial charge in [0.25, 0.3) is 0 Å². The van der Waals surface area contributed by atoms with Crippen LogP contribution in [0.4, 0.5) is 13.2 Å². The monoisotopic (exact) mass is 284 g/mol. The van der Waals surface area contributed by atoms with Crippen molar-refractivity contribution in [2.75, 3.05) is 0 Å². The zero-order valence-electron chi connectivity index (χ0n) is 10.3. The second kappa shape index (κ2) is 5.66. The third kappa shape index (κ3) is 2.92. The van der Waals surface area contributed by atoms with E-state index in [4.69, 9.17) is 11.6 Å². The van der Waals surface area contributed by atoms with Crippen LogP contribution < -0.4 is 0 Å². The van der Waals surface area contributed by atoms with Gasteiger partial charge in [-0.15, -0.1) is 11.6 Å². The molecule has 0 radical (unpaired) electrons. The first-order chi connectivity index (χ1) is 9.00. The van der Waals surface area contributed by atoms with E-state index in [9.17, 15) is 13.2 Å². The van der Waals surface area contributed by atoms with Gasteiger partial charge >= 0.3 is 0 Å². The molecule has 0 N–H and O–H groups in total. The molecule has 2 aromatic carbocycles. The molecule has 2 aromatic rings. The lowest BCUT2D eigenvalue weighted by Crippen LogP contribution is -2.03. The highest BCUT2D eigenvalue weighted by Gasteiger charge is 2.19. The van der Waals surface area contributed by atoms with Crippen molar-refractivity contribution in [3.63, 3.8) is 0 Å². The van der Waals surface area contributed by atoms with Crippen molar-refractivity contribution < 1.29 is 13.2 Å². The van der Waals surface area contributed by atoms with E-state index in [1.54, 1.807) is 0 Å². The molecule has 0 saturated carbocycles. The molecule has 0 amide bonds. The van der Waals surface area contributed by atoms with Crippen LogP contribution in [0.5, 0.6) is 0 Å². The number of hydrogen-bond acceptors (Lipinski definition) is 0. The summed E-state index contributed by atoms with van der Waals surface area (Å²) in [5.41, 5.74) is 1.95. The SMILES string of the molecule is Cc1ccccc1CC(Cl)c1ccc(F)c(F)c1F. The molecule has 0 aliphatic rings. The standard InChI is InChI=1S/C15H12ClF3/c1-9-4-2-3-5-10(9)8-12(16)11-6-7-13(17)15(19)14(11)18/h2-7,12H,8H2,1H3. The van der Waals surface area contributed by atoms with Crippen molar-refractivity contribution in [1.82, 2.24) is 0 Å². The van der Waals surface area contributed by atoms with Crippen molar-refractivity contribution in [2.45, 2.75) is 18.7 Å². The molecule has 0 fully saturated rings. The van der Waals surface area contributed by atoms with Gasteiger partial charge in [-0.3, -0.25) is 0 Å². The highest BCUT2D eigenvalue weighted by atomic mass is 35.5. The summed E-state index contributed by atoms with van der Waals surface area (Å²) in [6.07, 6.45) is 0.357. The van der Waals surface area contributed by atoms with E-state index in [-0.39, 0.29) is 5.56 Å². The van der Waals surface area contributed by atoms with Crippen LogP contribution in [0.15, 0.2) is 36.4 Å². The van der Waals surface area contributed by atoms with Crippen LogP contribution in [0, 0.1) is 24.4 Å². The second-order valence-electron chi connectivity index (χ2n) is 4.36. The fraction of sp³-hybridized carbons (Fsp3) is 0.200. The molecule has 0 nitrogen and oxygen atoms in total. The number of rotatable bonds is 3. The van der Waals surface area contributed by atoms with Crippen LogP contribution in [-0.2, 0) is 6.42 Å². The molecule has 1 atom stereocenters. The van der Waals surface area contributed by atoms with Gasteiger partial charge in [-0.05, 0) is 30.5 Å². The van der Waals surface area contributed by atoms with Gasteiger partial charge < -0.3 is 0 Å². The van der Waals surface area contributed by atoms with Crippen LogP contribution in [-0.4, -0.2) is 0 Å². The van der Waals surface area contributed by atoms with Crippen molar-refractivity contribution >= 4 is 11.6 Å². The van der Waals surface area contributed by atoms with Crippen LogP contribution in [0.25, 0.3) is 0 Å². The first-order valence-electron chi connectivity index (χ1n) is 5.82. The second-order valence-corrected chi connectivity index (χ2v) is 4.89. The number of halogens is 4. The minimum atomic E-state index is -1.48. The maximum Gasteiger partial charge on any atom is 0.194 e. The lowest BCUT2D eigenvalue weighted by atomic mass is 10.00. The molecule has 0 aliphatic carbocycles. The highest BCUT2D eigenvalue weighted by Crippen LogP contribution is 2.30. The first kappa shape index (κ1) is 13.9. The Morgan fingerprint density at radius 3 is 2.37 bits per heavy atom. The normalized spacial score (nSPS) is 12.5. The molecule has 100 valence electrons. The Bertz CT molecular complexity index is 596. The lowest BCUT2D eigenvalue weighted by molar-refractivity contribution is 0.440. The van der Waals surface area contributed by atoms with Crippen LogP contribution >= 0.6 is 11.6 Å². The smallest absolute Gasteiger partial charge is 0.194 e. The topological polar surface area (TPSA) is 0 Å². The third-order valence-corrected chi connectivity index (χ3v) is 3.45. The molecule has 19 heavy (non-hydrogen) atoms. The Labute approximate surface area is 114 Å². The minimum absolute atomic E-state index is 0.0242. The van der Waals surface area contributed by atoms with E-state index in [1.165, 1.54) is 6.07 Å². The molecule has 0 bridgehead atoms. The summed E-state index contributed by atoms with van der Waals surface area (Å²) in [4.78, 5) is 0. The Hall–Kier alpha value is -1.48. The summed E-state index contributed by atoms with van der Waals surface area (Å²) in [5.74, 6) is -3.90.